The van der Waals surface area contributed by atoms with E-state index in [2.05, 4.69) is 15.3 Å². The largest absolute Gasteiger partial charge is 0.302 e. The van der Waals surface area contributed by atoms with Crippen molar-refractivity contribution in [2.24, 2.45) is 0 Å². The van der Waals surface area contributed by atoms with Gasteiger partial charge in [-0.2, -0.15) is 0 Å². The molecule has 0 saturated heterocycles. The topological polar surface area (TPSA) is 54.9 Å². The molecule has 1 N–H and O–H groups in total. The highest BCUT2D eigenvalue weighted by Crippen LogP contribution is 2.28. The second-order valence-electron chi connectivity index (χ2n) is 5.71. The van der Waals surface area contributed by atoms with E-state index < -0.39 is 0 Å². The number of hydrogen-bond donors (Lipinski definition) is 1. The Balaban J connectivity index is 1.56. The van der Waals surface area contributed by atoms with Crippen LogP contribution in [0.3, 0.4) is 0 Å². The van der Waals surface area contributed by atoms with E-state index >= 15 is 0 Å². The Bertz CT molecular complexity index is 599. The third kappa shape index (κ3) is 4.13. The van der Waals surface area contributed by atoms with Gasteiger partial charge in [-0.1, -0.05) is 12.8 Å². The van der Waals surface area contributed by atoms with E-state index in [1.54, 1.807) is 23.7 Å². The van der Waals surface area contributed by atoms with Gasteiger partial charge in [0, 0.05) is 23.7 Å². The lowest BCUT2D eigenvalue weighted by atomic mass is 10.0. The minimum Gasteiger partial charge on any atom is -0.302 e. The Hall–Kier alpha value is -1.75. The summed E-state index contributed by atoms with van der Waals surface area (Å²) in [5, 5.41) is 3.73. The first-order chi connectivity index (χ1) is 10.8. The summed E-state index contributed by atoms with van der Waals surface area (Å²) in [6, 6.07) is 3.89. The minimum atomic E-state index is 0.0403. The summed E-state index contributed by atoms with van der Waals surface area (Å²) in [5.41, 5.74) is 2.34. The van der Waals surface area contributed by atoms with Crippen molar-refractivity contribution in [1.82, 2.24) is 9.97 Å². The first kappa shape index (κ1) is 15.2. The third-order valence-corrected chi connectivity index (χ3v) is 5.05. The molecule has 5 heteroatoms. The van der Waals surface area contributed by atoms with Gasteiger partial charge in [0.2, 0.25) is 5.91 Å². The number of anilines is 1. The molecule has 116 valence electrons. The van der Waals surface area contributed by atoms with E-state index in [1.165, 1.54) is 36.3 Å². The summed E-state index contributed by atoms with van der Waals surface area (Å²) in [7, 11) is 0. The Labute approximate surface area is 135 Å². The summed E-state index contributed by atoms with van der Waals surface area (Å²) >= 11 is 1.65. The quantitative estimate of drug-likeness (QED) is 0.934. The Kier molecular flexibility index (Phi) is 5.16. The molecule has 0 saturated carbocycles. The average molecular weight is 315 g/mol. The Morgan fingerprint density at radius 2 is 1.91 bits per heavy atom. The zero-order valence-corrected chi connectivity index (χ0v) is 13.5. The van der Waals surface area contributed by atoms with Gasteiger partial charge in [-0.25, -0.2) is 4.98 Å². The van der Waals surface area contributed by atoms with Gasteiger partial charge in [-0.15, -0.1) is 11.3 Å². The van der Waals surface area contributed by atoms with Crippen LogP contribution in [0.2, 0.25) is 0 Å². The maximum atomic E-state index is 12.1. The van der Waals surface area contributed by atoms with Crippen LogP contribution in [0.1, 0.15) is 48.2 Å². The van der Waals surface area contributed by atoms with E-state index in [0.717, 1.165) is 30.0 Å². The lowest BCUT2D eigenvalue weighted by Gasteiger charge is -2.06. The van der Waals surface area contributed by atoms with Crippen LogP contribution in [0.15, 0.2) is 24.5 Å². The van der Waals surface area contributed by atoms with Crippen LogP contribution >= 0.6 is 11.3 Å². The average Bonchev–Trinajstić information content (AvgIpc) is 2.87. The van der Waals surface area contributed by atoms with Gasteiger partial charge in [0.1, 0.15) is 0 Å². The molecule has 0 spiro atoms. The molecule has 0 aromatic carbocycles. The van der Waals surface area contributed by atoms with Crippen LogP contribution in [-0.2, 0) is 24.1 Å². The van der Waals surface area contributed by atoms with Crippen molar-refractivity contribution in [3.63, 3.8) is 0 Å². The fraction of sp³-hybridized carbons (Fsp3) is 0.471. The van der Waals surface area contributed by atoms with Gasteiger partial charge in [-0.3, -0.25) is 9.78 Å². The number of nitrogens with one attached hydrogen (secondary N) is 1. The zero-order chi connectivity index (χ0) is 15.2. The summed E-state index contributed by atoms with van der Waals surface area (Å²) in [6.45, 7) is 0. The number of rotatable bonds is 4. The molecule has 0 unspecified atom stereocenters. The zero-order valence-electron chi connectivity index (χ0n) is 12.7. The summed E-state index contributed by atoms with van der Waals surface area (Å²) in [5.74, 6) is 0.0403. The lowest BCUT2D eigenvalue weighted by Crippen LogP contribution is -2.12. The minimum absolute atomic E-state index is 0.0403. The number of aromatic nitrogens is 2. The maximum Gasteiger partial charge on any atom is 0.226 e. The van der Waals surface area contributed by atoms with Crippen LogP contribution in [0.5, 0.6) is 0 Å². The second kappa shape index (κ2) is 7.49. The van der Waals surface area contributed by atoms with Gasteiger partial charge in [0.25, 0.3) is 0 Å². The second-order valence-corrected chi connectivity index (χ2v) is 6.79. The monoisotopic (exact) mass is 315 g/mol. The molecule has 1 aliphatic carbocycles. The van der Waals surface area contributed by atoms with Gasteiger partial charge < -0.3 is 5.32 Å². The highest BCUT2D eigenvalue weighted by Gasteiger charge is 2.14. The van der Waals surface area contributed by atoms with Crippen molar-refractivity contribution in [1.29, 1.82) is 0 Å². The number of fused-ring (bicyclic) bond motifs is 1. The summed E-state index contributed by atoms with van der Waals surface area (Å²) < 4.78 is 0. The number of amides is 1. The molecule has 1 amide bonds. The molecule has 22 heavy (non-hydrogen) atoms. The van der Waals surface area contributed by atoms with Gasteiger partial charge >= 0.3 is 0 Å². The lowest BCUT2D eigenvalue weighted by molar-refractivity contribution is -0.116. The SMILES string of the molecule is O=C(CCc1ccncc1)Nc1nc2c(s1)CCCCCC2. The van der Waals surface area contributed by atoms with Crippen molar-refractivity contribution >= 4 is 22.4 Å². The number of hydrogen-bond acceptors (Lipinski definition) is 4. The standard InChI is InChI=1S/C17H21N3OS/c21-16(8-7-13-9-11-18-12-10-13)20-17-19-14-5-3-1-2-4-6-15(14)22-17/h9-12H,1-8H2,(H,19,20,21). The molecular formula is C17H21N3OS. The number of carbonyl (C=O) groups is 1. The van der Waals surface area contributed by atoms with Crippen LogP contribution in [0.4, 0.5) is 5.13 Å². The fourth-order valence-electron chi connectivity index (χ4n) is 2.75. The molecule has 2 heterocycles. The smallest absolute Gasteiger partial charge is 0.226 e. The van der Waals surface area contributed by atoms with Crippen LogP contribution in [0, 0.1) is 0 Å². The first-order valence-corrected chi connectivity index (χ1v) is 8.80. The van der Waals surface area contributed by atoms with Crippen molar-refractivity contribution in [2.45, 2.75) is 51.4 Å². The van der Waals surface area contributed by atoms with E-state index in [9.17, 15) is 4.79 Å². The van der Waals surface area contributed by atoms with Crippen molar-refractivity contribution < 1.29 is 4.79 Å². The van der Waals surface area contributed by atoms with E-state index in [-0.39, 0.29) is 5.91 Å². The van der Waals surface area contributed by atoms with Crippen LogP contribution < -0.4 is 5.32 Å². The van der Waals surface area contributed by atoms with Crippen molar-refractivity contribution in [2.75, 3.05) is 5.32 Å². The van der Waals surface area contributed by atoms with Gasteiger partial charge in [0.15, 0.2) is 5.13 Å². The number of aryl methyl sites for hydroxylation is 3. The predicted molar refractivity (Wildman–Crippen MR) is 89.2 cm³/mol. The molecule has 2 aromatic heterocycles. The van der Waals surface area contributed by atoms with E-state index in [0.29, 0.717) is 6.42 Å². The third-order valence-electron chi connectivity index (χ3n) is 3.98. The predicted octanol–water partition coefficient (Wildman–Crippen LogP) is 3.77. The molecule has 1 aliphatic rings. The molecule has 0 aliphatic heterocycles. The fourth-order valence-corrected chi connectivity index (χ4v) is 3.81. The number of thiazole rings is 1. The highest BCUT2D eigenvalue weighted by atomic mass is 32.1. The molecule has 0 fully saturated rings. The van der Waals surface area contributed by atoms with E-state index in [4.69, 9.17) is 0 Å². The molecule has 4 nitrogen and oxygen atoms in total. The first-order valence-electron chi connectivity index (χ1n) is 7.98. The van der Waals surface area contributed by atoms with Gasteiger partial charge in [-0.05, 0) is 49.8 Å². The molecule has 3 rings (SSSR count). The molecule has 2 aromatic rings. The Morgan fingerprint density at radius 3 is 2.73 bits per heavy atom. The number of carbonyl (C=O) groups excluding carboxylic acids is 1. The normalized spacial score (nSPS) is 14.7. The van der Waals surface area contributed by atoms with Gasteiger partial charge in [0.05, 0.1) is 5.69 Å². The molecule has 0 atom stereocenters. The molecular weight excluding hydrogens is 294 g/mol. The number of nitrogens with zero attached hydrogens (tertiary/aromatic N) is 2. The number of pyridine rings is 1. The van der Waals surface area contributed by atoms with Crippen molar-refractivity contribution in [3.8, 4) is 0 Å². The highest BCUT2D eigenvalue weighted by molar-refractivity contribution is 7.15. The molecule has 0 bridgehead atoms. The summed E-state index contributed by atoms with van der Waals surface area (Å²) in [4.78, 5) is 22.0. The van der Waals surface area contributed by atoms with Crippen LogP contribution in [-0.4, -0.2) is 15.9 Å². The summed E-state index contributed by atoms with van der Waals surface area (Å²) in [6.07, 6.45) is 12.0. The van der Waals surface area contributed by atoms with Crippen molar-refractivity contribution in [3.05, 3.63) is 40.7 Å². The van der Waals surface area contributed by atoms with Crippen LogP contribution in [0.25, 0.3) is 0 Å². The van der Waals surface area contributed by atoms with E-state index in [1.807, 2.05) is 12.1 Å². The Morgan fingerprint density at radius 1 is 1.14 bits per heavy atom. The molecule has 0 radical (unpaired) electrons. The maximum absolute atomic E-state index is 12.1.